The predicted octanol–water partition coefficient (Wildman–Crippen LogP) is 4.55. The normalized spacial score (nSPS) is 19.8. The number of nitrogens with one attached hydrogen (secondary N) is 1. The molecule has 2 aliphatic rings. The highest BCUT2D eigenvalue weighted by atomic mass is 16.2. The van der Waals surface area contributed by atoms with Crippen LogP contribution in [-0.4, -0.2) is 18.9 Å². The zero-order valence-electron chi connectivity index (χ0n) is 15.9. The third-order valence-corrected chi connectivity index (χ3v) is 5.94. The number of amides is 2. The van der Waals surface area contributed by atoms with Crippen LogP contribution in [0.25, 0.3) is 0 Å². The molecule has 0 aromatic heterocycles. The van der Waals surface area contributed by atoms with Crippen molar-refractivity contribution >= 4 is 23.2 Å². The van der Waals surface area contributed by atoms with E-state index in [1.165, 1.54) is 32.1 Å². The summed E-state index contributed by atoms with van der Waals surface area (Å²) in [5.74, 6) is 0.901. The van der Waals surface area contributed by atoms with Crippen molar-refractivity contribution in [1.82, 2.24) is 0 Å². The average Bonchev–Trinajstić information content (AvgIpc) is 2.75. The lowest BCUT2D eigenvalue weighted by Gasteiger charge is -2.21. The Kier molecular flexibility index (Phi) is 4.90. The molecule has 2 amide bonds. The van der Waals surface area contributed by atoms with Gasteiger partial charge in [-0.2, -0.15) is 0 Å². The van der Waals surface area contributed by atoms with E-state index in [2.05, 4.69) is 5.32 Å². The molecule has 0 saturated heterocycles. The van der Waals surface area contributed by atoms with E-state index in [1.807, 2.05) is 40.0 Å². The van der Waals surface area contributed by atoms with Gasteiger partial charge >= 0.3 is 0 Å². The highest BCUT2D eigenvalue weighted by Crippen LogP contribution is 2.44. The van der Waals surface area contributed by atoms with Crippen molar-refractivity contribution in [2.75, 3.05) is 17.3 Å². The Morgan fingerprint density at radius 1 is 1.24 bits per heavy atom. The minimum Gasteiger partial charge on any atom is -0.326 e. The summed E-state index contributed by atoms with van der Waals surface area (Å²) in [5.41, 5.74) is 3.28. The molecule has 0 atom stereocenters. The molecule has 1 aromatic rings. The number of rotatable bonds is 4. The summed E-state index contributed by atoms with van der Waals surface area (Å²) < 4.78 is 0. The molecule has 3 rings (SSSR count). The van der Waals surface area contributed by atoms with E-state index in [0.717, 1.165) is 28.9 Å². The summed E-state index contributed by atoms with van der Waals surface area (Å²) in [4.78, 5) is 26.6. The van der Waals surface area contributed by atoms with E-state index in [4.69, 9.17) is 0 Å². The minimum atomic E-state index is -0.544. The molecule has 1 aliphatic heterocycles. The van der Waals surface area contributed by atoms with Gasteiger partial charge in [0.25, 0.3) is 0 Å². The van der Waals surface area contributed by atoms with Crippen LogP contribution >= 0.6 is 0 Å². The van der Waals surface area contributed by atoms with Gasteiger partial charge in [0, 0.05) is 19.2 Å². The second-order valence-corrected chi connectivity index (χ2v) is 8.27. The summed E-state index contributed by atoms with van der Waals surface area (Å²) in [5, 5.41) is 3.05. The summed E-state index contributed by atoms with van der Waals surface area (Å²) in [6, 6.07) is 3.95. The van der Waals surface area contributed by atoms with Gasteiger partial charge in [0.15, 0.2) is 0 Å². The van der Waals surface area contributed by atoms with E-state index < -0.39 is 5.41 Å². The topological polar surface area (TPSA) is 49.4 Å². The molecule has 0 bridgehead atoms. The fraction of sp³-hybridized carbons (Fsp3) is 0.619. The molecule has 1 heterocycles. The lowest BCUT2D eigenvalue weighted by molar-refractivity contribution is -0.121. The van der Waals surface area contributed by atoms with Crippen molar-refractivity contribution in [3.8, 4) is 0 Å². The number of likely N-dealkylation sites (N-methyl/N-ethyl adjacent to an activating group) is 1. The predicted molar refractivity (Wildman–Crippen MR) is 102 cm³/mol. The quantitative estimate of drug-likeness (QED) is 0.873. The van der Waals surface area contributed by atoms with E-state index in [-0.39, 0.29) is 11.8 Å². The third kappa shape index (κ3) is 3.44. The van der Waals surface area contributed by atoms with Gasteiger partial charge in [0.2, 0.25) is 11.8 Å². The van der Waals surface area contributed by atoms with Crippen molar-refractivity contribution in [2.24, 2.45) is 5.92 Å². The average molecular weight is 342 g/mol. The van der Waals surface area contributed by atoms with Gasteiger partial charge in [0.1, 0.15) is 0 Å². The number of hydrogen-bond donors (Lipinski definition) is 1. The van der Waals surface area contributed by atoms with Crippen LogP contribution in [0.2, 0.25) is 0 Å². The smallest absolute Gasteiger partial charge is 0.236 e. The number of aryl methyl sites for hydroxylation is 1. The van der Waals surface area contributed by atoms with Gasteiger partial charge < -0.3 is 10.2 Å². The number of nitrogens with zero attached hydrogens (tertiary/aromatic N) is 1. The Bertz CT molecular complexity index is 687. The van der Waals surface area contributed by atoms with E-state index in [0.29, 0.717) is 12.3 Å². The van der Waals surface area contributed by atoms with Gasteiger partial charge in [-0.25, -0.2) is 0 Å². The number of carbonyl (C=O) groups excluding carboxylic acids is 2. The van der Waals surface area contributed by atoms with Gasteiger partial charge in [-0.05, 0) is 56.4 Å². The van der Waals surface area contributed by atoms with Crippen LogP contribution in [0, 0.1) is 12.8 Å². The monoisotopic (exact) mass is 342 g/mol. The molecule has 1 fully saturated rings. The summed E-state index contributed by atoms with van der Waals surface area (Å²) >= 11 is 0. The van der Waals surface area contributed by atoms with Crippen molar-refractivity contribution in [3.05, 3.63) is 23.3 Å². The highest BCUT2D eigenvalue weighted by molar-refractivity contribution is 6.08. The molecule has 4 heteroatoms. The maximum absolute atomic E-state index is 12.5. The zero-order chi connectivity index (χ0) is 18.2. The molecule has 1 aliphatic carbocycles. The van der Waals surface area contributed by atoms with Crippen LogP contribution in [0.4, 0.5) is 11.4 Å². The van der Waals surface area contributed by atoms with Gasteiger partial charge in [-0.3, -0.25) is 9.59 Å². The van der Waals surface area contributed by atoms with Crippen LogP contribution in [0.3, 0.4) is 0 Å². The van der Waals surface area contributed by atoms with Gasteiger partial charge in [0.05, 0.1) is 11.1 Å². The fourth-order valence-electron chi connectivity index (χ4n) is 4.44. The molecule has 1 saturated carbocycles. The van der Waals surface area contributed by atoms with Crippen LogP contribution in [-0.2, 0) is 15.0 Å². The van der Waals surface area contributed by atoms with Gasteiger partial charge in [-0.15, -0.1) is 0 Å². The first-order valence-electron chi connectivity index (χ1n) is 9.54. The molecular weight excluding hydrogens is 312 g/mol. The second kappa shape index (κ2) is 6.81. The molecule has 1 aromatic carbocycles. The first-order chi connectivity index (χ1) is 11.8. The largest absolute Gasteiger partial charge is 0.326 e. The molecule has 1 N–H and O–H groups in total. The van der Waals surface area contributed by atoms with Gasteiger partial charge in [-0.1, -0.05) is 32.1 Å². The molecule has 0 radical (unpaired) electrons. The molecule has 0 unspecified atom stereocenters. The van der Waals surface area contributed by atoms with Crippen molar-refractivity contribution in [1.29, 1.82) is 0 Å². The van der Waals surface area contributed by atoms with E-state index in [1.54, 1.807) is 4.90 Å². The molecular formula is C21H30N2O2. The summed E-state index contributed by atoms with van der Waals surface area (Å²) in [6.07, 6.45) is 8.09. The zero-order valence-corrected chi connectivity index (χ0v) is 15.9. The standard InChI is InChI=1S/C21H30N2O2/c1-14-12-16(13-17-19(14)23(4)20(25)21(17,2)3)22-18(24)11-10-15-8-6-5-7-9-15/h12-13,15H,5-11H2,1-4H3,(H,22,24). The Labute approximate surface area is 151 Å². The SMILES string of the molecule is Cc1cc(NC(=O)CCC2CCCCC2)cc2c1N(C)C(=O)C2(C)C. The number of benzene rings is 1. The van der Waals surface area contributed by atoms with Crippen molar-refractivity contribution < 1.29 is 9.59 Å². The first kappa shape index (κ1) is 18.0. The molecule has 4 nitrogen and oxygen atoms in total. The van der Waals surface area contributed by atoms with Crippen molar-refractivity contribution in [2.45, 2.75) is 71.1 Å². The van der Waals surface area contributed by atoms with Crippen LogP contribution in [0.5, 0.6) is 0 Å². The maximum Gasteiger partial charge on any atom is 0.236 e. The molecule has 25 heavy (non-hydrogen) atoms. The summed E-state index contributed by atoms with van der Waals surface area (Å²) in [6.45, 7) is 5.90. The van der Waals surface area contributed by atoms with E-state index >= 15 is 0 Å². The fourth-order valence-corrected chi connectivity index (χ4v) is 4.44. The second-order valence-electron chi connectivity index (χ2n) is 8.27. The van der Waals surface area contributed by atoms with Crippen LogP contribution in [0.1, 0.15) is 69.9 Å². The molecule has 0 spiro atoms. The number of hydrogen-bond acceptors (Lipinski definition) is 2. The van der Waals surface area contributed by atoms with Crippen molar-refractivity contribution in [3.63, 3.8) is 0 Å². The van der Waals surface area contributed by atoms with Crippen LogP contribution in [0.15, 0.2) is 12.1 Å². The van der Waals surface area contributed by atoms with Crippen LogP contribution < -0.4 is 10.2 Å². The lowest BCUT2D eigenvalue weighted by atomic mass is 9.85. The lowest BCUT2D eigenvalue weighted by Crippen LogP contribution is -2.33. The Hall–Kier alpha value is -1.84. The number of carbonyl (C=O) groups is 2. The Balaban J connectivity index is 1.70. The highest BCUT2D eigenvalue weighted by Gasteiger charge is 2.43. The Morgan fingerprint density at radius 3 is 2.60 bits per heavy atom. The van der Waals surface area contributed by atoms with E-state index in [9.17, 15) is 9.59 Å². The molecule has 136 valence electrons. The first-order valence-corrected chi connectivity index (χ1v) is 9.54. The maximum atomic E-state index is 12.5. The Morgan fingerprint density at radius 2 is 1.92 bits per heavy atom. The minimum absolute atomic E-state index is 0.0837. The number of anilines is 2. The third-order valence-electron chi connectivity index (χ3n) is 5.94. The summed E-state index contributed by atoms with van der Waals surface area (Å²) in [7, 11) is 1.82. The number of fused-ring (bicyclic) bond motifs is 1.